The number of fused-ring (bicyclic) bond motifs is 1. The number of amides is 1. The van der Waals surface area contributed by atoms with Crippen LogP contribution in [0, 0.1) is 0 Å². The Labute approximate surface area is 155 Å². The molecule has 0 saturated carbocycles. The van der Waals surface area contributed by atoms with Gasteiger partial charge in [-0.25, -0.2) is 4.98 Å². The molecular formula is C17H28ClN5O2. The lowest BCUT2D eigenvalue weighted by Gasteiger charge is -2.32. The van der Waals surface area contributed by atoms with Crippen LogP contribution in [0.4, 0.5) is 11.5 Å². The molecule has 7 nitrogen and oxygen atoms in total. The topological polar surface area (TPSA) is 83.5 Å². The van der Waals surface area contributed by atoms with E-state index in [-0.39, 0.29) is 23.8 Å². The average Bonchev–Trinajstić information content (AvgIpc) is 2.65. The molecule has 3 heterocycles. The van der Waals surface area contributed by atoms with Crippen LogP contribution in [0.1, 0.15) is 19.8 Å². The molecule has 0 aromatic carbocycles. The molecule has 25 heavy (non-hydrogen) atoms. The van der Waals surface area contributed by atoms with E-state index in [4.69, 9.17) is 0 Å². The van der Waals surface area contributed by atoms with Crippen molar-refractivity contribution in [1.82, 2.24) is 14.8 Å². The second kappa shape index (κ2) is 9.82. The van der Waals surface area contributed by atoms with Gasteiger partial charge in [-0.2, -0.15) is 0 Å². The van der Waals surface area contributed by atoms with Crippen molar-refractivity contribution in [1.29, 1.82) is 0 Å². The lowest BCUT2D eigenvalue weighted by atomic mass is 10.2. The molecule has 1 amide bonds. The molecule has 1 aromatic heterocycles. The third-order valence-electron chi connectivity index (χ3n) is 4.49. The van der Waals surface area contributed by atoms with Gasteiger partial charge in [-0.3, -0.25) is 14.7 Å². The molecule has 1 saturated heterocycles. The van der Waals surface area contributed by atoms with E-state index in [9.17, 15) is 4.79 Å². The summed E-state index contributed by atoms with van der Waals surface area (Å²) in [4.78, 5) is 28.1. The number of rotatable bonds is 4. The average molecular weight is 370 g/mol. The third kappa shape index (κ3) is 5.47. The highest BCUT2D eigenvalue weighted by Gasteiger charge is 2.24. The third-order valence-corrected chi connectivity index (χ3v) is 4.49. The van der Waals surface area contributed by atoms with Gasteiger partial charge < -0.3 is 15.3 Å². The van der Waals surface area contributed by atoms with Gasteiger partial charge in [-0.05, 0) is 39.1 Å². The number of hydrogen-bond donors (Lipinski definition) is 0. The van der Waals surface area contributed by atoms with Crippen molar-refractivity contribution in [3.8, 4) is 0 Å². The van der Waals surface area contributed by atoms with Gasteiger partial charge in [-0.15, -0.1) is 12.4 Å². The zero-order valence-electron chi connectivity index (χ0n) is 14.9. The van der Waals surface area contributed by atoms with Crippen LogP contribution < -0.4 is 4.90 Å². The van der Waals surface area contributed by atoms with E-state index in [1.165, 1.54) is 0 Å². The molecule has 1 fully saturated rings. The molecule has 0 radical (unpaired) electrons. The lowest BCUT2D eigenvalue weighted by Crippen LogP contribution is -2.45. The van der Waals surface area contributed by atoms with Crippen molar-refractivity contribution in [2.24, 2.45) is 4.99 Å². The quantitative estimate of drug-likeness (QED) is 0.796. The van der Waals surface area contributed by atoms with Gasteiger partial charge in [0.1, 0.15) is 5.69 Å². The Balaban J connectivity index is 0.00000156. The van der Waals surface area contributed by atoms with Crippen LogP contribution >= 0.6 is 12.4 Å². The van der Waals surface area contributed by atoms with E-state index in [0.29, 0.717) is 18.8 Å². The van der Waals surface area contributed by atoms with E-state index < -0.39 is 0 Å². The van der Waals surface area contributed by atoms with Gasteiger partial charge >= 0.3 is 0 Å². The number of piperazine rings is 1. The second-order valence-corrected chi connectivity index (χ2v) is 6.41. The number of nitrogens with zero attached hydrogens (tertiary/aromatic N) is 5. The summed E-state index contributed by atoms with van der Waals surface area (Å²) in [6, 6.07) is 3.80. The molecule has 8 heteroatoms. The zero-order valence-corrected chi connectivity index (χ0v) is 15.8. The van der Waals surface area contributed by atoms with Crippen molar-refractivity contribution in [2.45, 2.75) is 19.8 Å². The van der Waals surface area contributed by atoms with Crippen LogP contribution in [0.5, 0.6) is 0 Å². The molecule has 0 bridgehead atoms. The van der Waals surface area contributed by atoms with Gasteiger partial charge in [0.05, 0.1) is 6.42 Å². The zero-order chi connectivity index (χ0) is 16.2. The Morgan fingerprint density at radius 1 is 1.16 bits per heavy atom. The Kier molecular flexibility index (Phi) is 8.44. The first-order chi connectivity index (χ1) is 11.1. The largest absolute Gasteiger partial charge is 0.412 e. The minimum absolute atomic E-state index is 0. The maximum atomic E-state index is 12.5. The molecular weight excluding hydrogens is 342 g/mol. The van der Waals surface area contributed by atoms with Gasteiger partial charge in [-0.1, -0.05) is 0 Å². The van der Waals surface area contributed by atoms with Crippen LogP contribution in [0.3, 0.4) is 0 Å². The molecule has 0 spiro atoms. The molecule has 140 valence electrons. The molecule has 0 unspecified atom stereocenters. The summed E-state index contributed by atoms with van der Waals surface area (Å²) in [6.45, 7) is 8.11. The predicted octanol–water partition coefficient (Wildman–Crippen LogP) is 1.15. The molecule has 2 N–H and O–H groups in total. The van der Waals surface area contributed by atoms with E-state index in [1.54, 1.807) is 6.20 Å². The van der Waals surface area contributed by atoms with Crippen LogP contribution in [-0.4, -0.2) is 78.2 Å². The van der Waals surface area contributed by atoms with Gasteiger partial charge in [0.15, 0.2) is 5.82 Å². The monoisotopic (exact) mass is 369 g/mol. The Hall–Kier alpha value is -1.54. The fraction of sp³-hybridized carbons (Fsp3) is 0.588. The van der Waals surface area contributed by atoms with Crippen molar-refractivity contribution >= 4 is 35.5 Å². The van der Waals surface area contributed by atoms with Gasteiger partial charge in [0, 0.05) is 44.6 Å². The van der Waals surface area contributed by atoms with Gasteiger partial charge in [0.2, 0.25) is 5.91 Å². The standard InChI is InChI=1S/C17H25N5O.ClH.H2O/c1-14-13-16(23)22(17-15(19-14)5-3-6-18-17)8-4-7-21-11-9-20(2)10-12-21;;/h3,5-6H,4,7-13H2,1-2H3;1H;1H2. The maximum Gasteiger partial charge on any atom is 0.233 e. The van der Waals surface area contributed by atoms with Crippen molar-refractivity contribution < 1.29 is 10.3 Å². The fourth-order valence-corrected chi connectivity index (χ4v) is 3.12. The summed E-state index contributed by atoms with van der Waals surface area (Å²) in [5.74, 6) is 0.801. The highest BCUT2D eigenvalue weighted by Crippen LogP contribution is 2.29. The number of aromatic nitrogens is 1. The molecule has 2 aliphatic heterocycles. The van der Waals surface area contributed by atoms with Crippen LogP contribution in [0.25, 0.3) is 0 Å². The summed E-state index contributed by atoms with van der Waals surface area (Å²) in [7, 11) is 2.16. The van der Waals surface area contributed by atoms with Crippen molar-refractivity contribution in [3.05, 3.63) is 18.3 Å². The minimum atomic E-state index is 0. The SMILES string of the molecule is CC1=Nc2cccnc2N(CCCN2CCN(C)CC2)C(=O)C1.Cl.O. The number of likely N-dealkylation sites (N-methyl/N-ethyl adjacent to an activating group) is 1. The summed E-state index contributed by atoms with van der Waals surface area (Å²) >= 11 is 0. The number of carbonyl (C=O) groups is 1. The molecule has 1 aromatic rings. The molecule has 3 rings (SSSR count). The fourth-order valence-electron chi connectivity index (χ4n) is 3.12. The lowest BCUT2D eigenvalue weighted by molar-refractivity contribution is -0.117. The molecule has 0 atom stereocenters. The summed E-state index contributed by atoms with van der Waals surface area (Å²) in [5, 5.41) is 0. The van der Waals surface area contributed by atoms with Crippen molar-refractivity contribution in [2.75, 3.05) is 51.2 Å². The first kappa shape index (κ1) is 21.5. The first-order valence-corrected chi connectivity index (χ1v) is 8.34. The normalized spacial score (nSPS) is 18.6. The summed E-state index contributed by atoms with van der Waals surface area (Å²) < 4.78 is 0. The Morgan fingerprint density at radius 2 is 1.88 bits per heavy atom. The Bertz CT molecular complexity index is 602. The summed E-state index contributed by atoms with van der Waals surface area (Å²) in [5.41, 5.74) is 1.65. The first-order valence-electron chi connectivity index (χ1n) is 8.34. The second-order valence-electron chi connectivity index (χ2n) is 6.41. The summed E-state index contributed by atoms with van der Waals surface area (Å²) in [6.07, 6.45) is 3.07. The number of carbonyl (C=O) groups excluding carboxylic acids is 1. The molecule has 2 aliphatic rings. The van der Waals surface area contributed by atoms with E-state index >= 15 is 0 Å². The predicted molar refractivity (Wildman–Crippen MR) is 103 cm³/mol. The number of pyridine rings is 1. The van der Waals surface area contributed by atoms with E-state index in [1.807, 2.05) is 24.0 Å². The Morgan fingerprint density at radius 3 is 2.60 bits per heavy atom. The number of halogens is 1. The van der Waals surface area contributed by atoms with Gasteiger partial charge in [0.25, 0.3) is 0 Å². The minimum Gasteiger partial charge on any atom is -0.412 e. The highest BCUT2D eigenvalue weighted by atomic mass is 35.5. The molecule has 0 aliphatic carbocycles. The maximum absolute atomic E-state index is 12.5. The van der Waals surface area contributed by atoms with Crippen LogP contribution in [-0.2, 0) is 4.79 Å². The van der Waals surface area contributed by atoms with E-state index in [0.717, 1.165) is 50.5 Å². The smallest absolute Gasteiger partial charge is 0.233 e. The number of anilines is 1. The van der Waals surface area contributed by atoms with Crippen LogP contribution in [0.15, 0.2) is 23.3 Å². The van der Waals surface area contributed by atoms with Crippen LogP contribution in [0.2, 0.25) is 0 Å². The number of hydrogen-bond acceptors (Lipinski definition) is 5. The number of aliphatic imine (C=N–C) groups is 1. The highest BCUT2D eigenvalue weighted by molar-refractivity contribution is 6.10. The van der Waals surface area contributed by atoms with E-state index in [2.05, 4.69) is 26.8 Å². The van der Waals surface area contributed by atoms with Crippen molar-refractivity contribution in [3.63, 3.8) is 0 Å².